The number of hydrogen-bond donors (Lipinski definition) is 0. The highest BCUT2D eigenvalue weighted by Crippen LogP contribution is 2.38. The van der Waals surface area contributed by atoms with E-state index in [-0.39, 0.29) is 17.4 Å². The van der Waals surface area contributed by atoms with E-state index in [1.54, 1.807) is 6.92 Å². The summed E-state index contributed by atoms with van der Waals surface area (Å²) in [5.41, 5.74) is -0.870. The summed E-state index contributed by atoms with van der Waals surface area (Å²) in [5.74, 6) is 0.0593. The minimum absolute atomic E-state index is 0.0593. The molecule has 0 spiro atoms. The van der Waals surface area contributed by atoms with E-state index in [2.05, 4.69) is 0 Å². The Morgan fingerprint density at radius 3 is 2.50 bits per heavy atom. The van der Waals surface area contributed by atoms with Gasteiger partial charge in [-0.05, 0) is 19.1 Å². The van der Waals surface area contributed by atoms with Crippen molar-refractivity contribution in [3.05, 3.63) is 28.8 Å². The minimum Gasteiger partial charge on any atom is -0.492 e. The molecule has 5 heteroatoms. The molecule has 0 saturated carbocycles. The molecule has 78 valence electrons. The Hall–Kier alpha value is -0.900. The summed E-state index contributed by atoms with van der Waals surface area (Å²) in [6, 6.07) is 3.59. The average Bonchev–Trinajstić information content (AvgIpc) is 2.07. The quantitative estimate of drug-likeness (QED) is 0.743. The summed E-state index contributed by atoms with van der Waals surface area (Å²) >= 11 is 5.53. The molecule has 0 atom stereocenters. The second-order valence-electron chi connectivity index (χ2n) is 2.55. The van der Waals surface area contributed by atoms with Gasteiger partial charge in [-0.15, -0.1) is 0 Å². The van der Waals surface area contributed by atoms with E-state index in [1.165, 1.54) is 12.1 Å². The number of hydrogen-bond acceptors (Lipinski definition) is 1. The predicted octanol–water partition coefficient (Wildman–Crippen LogP) is 3.76. The summed E-state index contributed by atoms with van der Waals surface area (Å²) in [6.45, 7) is 1.96. The molecule has 0 amide bonds. The molecule has 0 N–H and O–H groups in total. The average molecular weight is 225 g/mol. The highest BCUT2D eigenvalue weighted by molar-refractivity contribution is 6.32. The lowest BCUT2D eigenvalue weighted by Crippen LogP contribution is -2.06. The smallest absolute Gasteiger partial charge is 0.417 e. The second kappa shape index (κ2) is 4.09. The van der Waals surface area contributed by atoms with Gasteiger partial charge in [-0.3, -0.25) is 0 Å². The Labute approximate surface area is 84.4 Å². The molecule has 0 unspecified atom stereocenters. The van der Waals surface area contributed by atoms with Crippen LogP contribution in [0.5, 0.6) is 5.75 Å². The lowest BCUT2D eigenvalue weighted by molar-refractivity contribution is -0.137. The Morgan fingerprint density at radius 1 is 1.36 bits per heavy atom. The minimum atomic E-state index is -4.44. The second-order valence-corrected chi connectivity index (χ2v) is 2.93. The van der Waals surface area contributed by atoms with Crippen LogP contribution < -0.4 is 4.74 Å². The van der Waals surface area contributed by atoms with Crippen LogP contribution in [-0.2, 0) is 6.18 Å². The molecule has 0 heterocycles. The Bertz CT molecular complexity index is 322. The zero-order chi connectivity index (χ0) is 10.8. The zero-order valence-electron chi connectivity index (χ0n) is 7.36. The van der Waals surface area contributed by atoms with Crippen LogP contribution >= 0.6 is 11.6 Å². The maximum absolute atomic E-state index is 12.3. The van der Waals surface area contributed by atoms with Crippen molar-refractivity contribution >= 4 is 11.6 Å². The topological polar surface area (TPSA) is 9.23 Å². The Kier molecular flexibility index (Phi) is 3.26. The third-order valence-electron chi connectivity index (χ3n) is 1.57. The van der Waals surface area contributed by atoms with Gasteiger partial charge in [-0.1, -0.05) is 17.7 Å². The summed E-state index contributed by atoms with van der Waals surface area (Å²) in [5, 5.41) is -0.387. The Balaban J connectivity index is 3.14. The first-order chi connectivity index (χ1) is 6.46. The summed E-state index contributed by atoms with van der Waals surface area (Å²) in [6.07, 6.45) is -4.44. The van der Waals surface area contributed by atoms with Gasteiger partial charge < -0.3 is 4.74 Å². The fraction of sp³-hybridized carbons (Fsp3) is 0.333. The number of benzene rings is 1. The van der Waals surface area contributed by atoms with Gasteiger partial charge in [0.15, 0.2) is 0 Å². The molecule has 0 aliphatic heterocycles. The fourth-order valence-corrected chi connectivity index (χ4v) is 1.28. The van der Waals surface area contributed by atoms with Crippen molar-refractivity contribution in [2.45, 2.75) is 13.1 Å². The summed E-state index contributed by atoms with van der Waals surface area (Å²) in [4.78, 5) is 0. The van der Waals surface area contributed by atoms with E-state index in [0.717, 1.165) is 6.07 Å². The van der Waals surface area contributed by atoms with E-state index in [1.807, 2.05) is 0 Å². The molecular formula is C9H8ClF3O. The molecule has 0 fully saturated rings. The first-order valence-corrected chi connectivity index (χ1v) is 4.33. The van der Waals surface area contributed by atoms with Crippen LogP contribution in [0.2, 0.25) is 5.02 Å². The molecule has 0 bridgehead atoms. The van der Waals surface area contributed by atoms with Crippen molar-refractivity contribution in [3.8, 4) is 5.75 Å². The third-order valence-corrected chi connectivity index (χ3v) is 1.96. The zero-order valence-corrected chi connectivity index (χ0v) is 8.12. The molecule has 0 aliphatic rings. The van der Waals surface area contributed by atoms with Crippen LogP contribution in [0.3, 0.4) is 0 Å². The van der Waals surface area contributed by atoms with Crippen LogP contribution in [0.25, 0.3) is 0 Å². The van der Waals surface area contributed by atoms with Crippen LogP contribution in [0, 0.1) is 0 Å². The molecule has 1 rings (SSSR count). The highest BCUT2D eigenvalue weighted by atomic mass is 35.5. The molecule has 0 saturated heterocycles. The molecule has 0 radical (unpaired) electrons. The van der Waals surface area contributed by atoms with Crippen molar-refractivity contribution in [1.29, 1.82) is 0 Å². The van der Waals surface area contributed by atoms with Crippen LogP contribution in [-0.4, -0.2) is 6.61 Å². The van der Waals surface area contributed by atoms with Crippen molar-refractivity contribution in [2.75, 3.05) is 6.61 Å². The fourth-order valence-electron chi connectivity index (χ4n) is 0.997. The standard InChI is InChI=1S/C9H8ClF3O/c1-2-14-7-5-3-4-6(8(7)10)9(11,12)13/h3-5H,2H2,1H3. The van der Waals surface area contributed by atoms with Gasteiger partial charge in [0, 0.05) is 0 Å². The molecule has 0 aromatic heterocycles. The van der Waals surface area contributed by atoms with Gasteiger partial charge in [-0.25, -0.2) is 0 Å². The van der Waals surface area contributed by atoms with Gasteiger partial charge in [-0.2, -0.15) is 13.2 Å². The number of ether oxygens (including phenoxy) is 1. The van der Waals surface area contributed by atoms with E-state index < -0.39 is 11.7 Å². The third kappa shape index (κ3) is 2.32. The predicted molar refractivity (Wildman–Crippen MR) is 47.6 cm³/mol. The maximum atomic E-state index is 12.3. The lowest BCUT2D eigenvalue weighted by atomic mass is 10.2. The molecular weight excluding hydrogens is 217 g/mol. The number of alkyl halides is 3. The normalized spacial score (nSPS) is 11.5. The van der Waals surface area contributed by atoms with Gasteiger partial charge in [0.2, 0.25) is 0 Å². The number of halogens is 4. The molecule has 1 nitrogen and oxygen atoms in total. The molecule has 0 aliphatic carbocycles. The van der Waals surface area contributed by atoms with Crippen molar-refractivity contribution in [1.82, 2.24) is 0 Å². The van der Waals surface area contributed by atoms with E-state index in [9.17, 15) is 13.2 Å². The van der Waals surface area contributed by atoms with E-state index in [4.69, 9.17) is 16.3 Å². The molecule has 14 heavy (non-hydrogen) atoms. The van der Waals surface area contributed by atoms with E-state index in [0.29, 0.717) is 0 Å². The maximum Gasteiger partial charge on any atom is 0.417 e. The van der Waals surface area contributed by atoms with Crippen molar-refractivity contribution in [2.24, 2.45) is 0 Å². The SMILES string of the molecule is CCOc1cccc(C(F)(F)F)c1Cl. The lowest BCUT2D eigenvalue weighted by Gasteiger charge is -2.11. The van der Waals surface area contributed by atoms with Gasteiger partial charge in [0.1, 0.15) is 5.75 Å². The van der Waals surface area contributed by atoms with Crippen molar-refractivity contribution < 1.29 is 17.9 Å². The first-order valence-electron chi connectivity index (χ1n) is 3.95. The largest absolute Gasteiger partial charge is 0.492 e. The number of rotatable bonds is 2. The first kappa shape index (κ1) is 11.2. The monoisotopic (exact) mass is 224 g/mol. The summed E-state index contributed by atoms with van der Waals surface area (Å²) in [7, 11) is 0. The van der Waals surface area contributed by atoms with Crippen LogP contribution in [0.4, 0.5) is 13.2 Å². The van der Waals surface area contributed by atoms with Crippen LogP contribution in [0.1, 0.15) is 12.5 Å². The van der Waals surface area contributed by atoms with Crippen LogP contribution in [0.15, 0.2) is 18.2 Å². The Morgan fingerprint density at radius 2 is 2.00 bits per heavy atom. The van der Waals surface area contributed by atoms with E-state index >= 15 is 0 Å². The molecule has 1 aromatic carbocycles. The van der Waals surface area contributed by atoms with Crippen molar-refractivity contribution in [3.63, 3.8) is 0 Å². The van der Waals surface area contributed by atoms with Gasteiger partial charge in [0.25, 0.3) is 0 Å². The molecule has 1 aromatic rings. The van der Waals surface area contributed by atoms with Gasteiger partial charge >= 0.3 is 6.18 Å². The highest BCUT2D eigenvalue weighted by Gasteiger charge is 2.34. The van der Waals surface area contributed by atoms with Gasteiger partial charge in [0.05, 0.1) is 17.2 Å². The summed E-state index contributed by atoms with van der Waals surface area (Å²) < 4.78 is 41.9.